The standard InChI is InChI=1S/C15H14BrF3N2/c1-8-4-11(14(19)7-12(8)17)15(21-20)5-9-2-3-10(16)6-13(9)18/h2-4,6-7,15,21H,5,20H2,1H3. The highest BCUT2D eigenvalue weighted by Gasteiger charge is 2.18. The summed E-state index contributed by atoms with van der Waals surface area (Å²) in [4.78, 5) is 0. The van der Waals surface area contributed by atoms with Crippen LogP contribution in [0.5, 0.6) is 0 Å². The molecule has 0 saturated heterocycles. The fraction of sp³-hybridized carbons (Fsp3) is 0.200. The molecule has 112 valence electrons. The van der Waals surface area contributed by atoms with Gasteiger partial charge < -0.3 is 0 Å². The number of hydrogen-bond donors (Lipinski definition) is 2. The highest BCUT2D eigenvalue weighted by molar-refractivity contribution is 9.10. The first-order valence-electron chi connectivity index (χ1n) is 6.28. The van der Waals surface area contributed by atoms with Crippen molar-refractivity contribution in [2.75, 3.05) is 0 Å². The number of hydrogen-bond acceptors (Lipinski definition) is 2. The molecule has 0 amide bonds. The van der Waals surface area contributed by atoms with Crippen molar-refractivity contribution in [3.05, 3.63) is 68.9 Å². The minimum Gasteiger partial charge on any atom is -0.271 e. The monoisotopic (exact) mass is 358 g/mol. The zero-order valence-electron chi connectivity index (χ0n) is 11.3. The number of aryl methyl sites for hydroxylation is 1. The summed E-state index contributed by atoms with van der Waals surface area (Å²) in [6, 6.07) is 6.16. The maximum Gasteiger partial charge on any atom is 0.130 e. The van der Waals surface area contributed by atoms with E-state index < -0.39 is 23.5 Å². The molecule has 0 bridgehead atoms. The van der Waals surface area contributed by atoms with Gasteiger partial charge in [0, 0.05) is 16.1 Å². The Morgan fingerprint density at radius 2 is 1.81 bits per heavy atom. The Kier molecular flexibility index (Phi) is 5.03. The van der Waals surface area contributed by atoms with Gasteiger partial charge in [0.05, 0.1) is 6.04 Å². The zero-order valence-corrected chi connectivity index (χ0v) is 12.8. The summed E-state index contributed by atoms with van der Waals surface area (Å²) in [5.74, 6) is 3.70. The van der Waals surface area contributed by atoms with Crippen molar-refractivity contribution in [3.8, 4) is 0 Å². The largest absolute Gasteiger partial charge is 0.271 e. The highest BCUT2D eigenvalue weighted by atomic mass is 79.9. The van der Waals surface area contributed by atoms with Gasteiger partial charge in [0.2, 0.25) is 0 Å². The van der Waals surface area contributed by atoms with Crippen LogP contribution < -0.4 is 11.3 Å². The molecule has 2 aromatic rings. The van der Waals surface area contributed by atoms with E-state index in [1.54, 1.807) is 12.1 Å². The Bertz CT molecular complexity index is 662. The van der Waals surface area contributed by atoms with E-state index in [4.69, 9.17) is 5.84 Å². The first-order chi connectivity index (χ1) is 9.92. The maximum absolute atomic E-state index is 13.9. The Morgan fingerprint density at radius 1 is 1.10 bits per heavy atom. The molecule has 6 heteroatoms. The summed E-state index contributed by atoms with van der Waals surface area (Å²) in [5.41, 5.74) is 3.36. The number of nitrogens with two attached hydrogens (primary N) is 1. The molecule has 0 aliphatic rings. The summed E-state index contributed by atoms with van der Waals surface area (Å²) in [7, 11) is 0. The average Bonchev–Trinajstić information content (AvgIpc) is 2.43. The SMILES string of the molecule is Cc1cc(C(Cc2ccc(Br)cc2F)NN)c(F)cc1F. The van der Waals surface area contributed by atoms with E-state index in [0.29, 0.717) is 15.6 Å². The van der Waals surface area contributed by atoms with Crippen molar-refractivity contribution in [1.29, 1.82) is 0 Å². The van der Waals surface area contributed by atoms with Crippen LogP contribution in [0.25, 0.3) is 0 Å². The second-order valence-electron chi connectivity index (χ2n) is 4.78. The number of halogens is 4. The molecule has 0 fully saturated rings. The third-order valence-corrected chi connectivity index (χ3v) is 3.79. The predicted molar refractivity (Wildman–Crippen MR) is 79.0 cm³/mol. The lowest BCUT2D eigenvalue weighted by Gasteiger charge is -2.18. The molecular weight excluding hydrogens is 345 g/mol. The predicted octanol–water partition coefficient (Wildman–Crippen LogP) is 3.92. The summed E-state index contributed by atoms with van der Waals surface area (Å²) in [6.45, 7) is 1.53. The molecule has 2 rings (SSSR count). The molecule has 0 aliphatic carbocycles. The van der Waals surface area contributed by atoms with Crippen LogP contribution in [-0.4, -0.2) is 0 Å². The van der Waals surface area contributed by atoms with Crippen LogP contribution in [0, 0.1) is 24.4 Å². The van der Waals surface area contributed by atoms with Crippen molar-refractivity contribution in [2.24, 2.45) is 5.84 Å². The molecular formula is C15H14BrF3N2. The first kappa shape index (κ1) is 16.0. The molecule has 2 aromatic carbocycles. The Balaban J connectivity index is 2.34. The van der Waals surface area contributed by atoms with Gasteiger partial charge in [-0.3, -0.25) is 11.3 Å². The van der Waals surface area contributed by atoms with E-state index in [-0.39, 0.29) is 12.0 Å². The fourth-order valence-electron chi connectivity index (χ4n) is 2.11. The van der Waals surface area contributed by atoms with Crippen LogP contribution in [0.15, 0.2) is 34.8 Å². The molecule has 21 heavy (non-hydrogen) atoms. The second kappa shape index (κ2) is 6.60. The Hall–Kier alpha value is -1.37. The van der Waals surface area contributed by atoms with Gasteiger partial charge in [0.15, 0.2) is 0 Å². The van der Waals surface area contributed by atoms with E-state index in [0.717, 1.165) is 6.07 Å². The summed E-state index contributed by atoms with van der Waals surface area (Å²) in [5, 5.41) is 0. The molecule has 0 aromatic heterocycles. The van der Waals surface area contributed by atoms with Crippen molar-refractivity contribution in [2.45, 2.75) is 19.4 Å². The molecule has 0 radical (unpaired) electrons. The summed E-state index contributed by atoms with van der Waals surface area (Å²) < 4.78 is 41.7. The third kappa shape index (κ3) is 3.64. The molecule has 0 aliphatic heterocycles. The molecule has 0 spiro atoms. The van der Waals surface area contributed by atoms with Crippen molar-refractivity contribution >= 4 is 15.9 Å². The lowest BCUT2D eigenvalue weighted by Crippen LogP contribution is -2.30. The minimum atomic E-state index is -0.710. The van der Waals surface area contributed by atoms with Crippen LogP contribution in [0.2, 0.25) is 0 Å². The molecule has 1 atom stereocenters. The zero-order chi connectivity index (χ0) is 15.6. The van der Waals surface area contributed by atoms with Crippen LogP contribution in [0.1, 0.15) is 22.7 Å². The molecule has 1 unspecified atom stereocenters. The van der Waals surface area contributed by atoms with Gasteiger partial charge in [-0.2, -0.15) is 0 Å². The average molecular weight is 359 g/mol. The normalized spacial score (nSPS) is 12.5. The molecule has 3 N–H and O–H groups in total. The van der Waals surface area contributed by atoms with Gasteiger partial charge in [-0.05, 0) is 42.7 Å². The van der Waals surface area contributed by atoms with Crippen molar-refractivity contribution < 1.29 is 13.2 Å². The summed E-state index contributed by atoms with van der Waals surface area (Å²) in [6.07, 6.45) is 0.150. The lowest BCUT2D eigenvalue weighted by molar-refractivity contribution is 0.491. The topological polar surface area (TPSA) is 38.0 Å². The van der Waals surface area contributed by atoms with E-state index in [1.807, 2.05) is 0 Å². The number of hydrazine groups is 1. The van der Waals surface area contributed by atoms with Gasteiger partial charge >= 0.3 is 0 Å². The Morgan fingerprint density at radius 3 is 2.43 bits per heavy atom. The van der Waals surface area contributed by atoms with Crippen LogP contribution >= 0.6 is 15.9 Å². The first-order valence-corrected chi connectivity index (χ1v) is 7.07. The van der Waals surface area contributed by atoms with Crippen LogP contribution in [0.3, 0.4) is 0 Å². The smallest absolute Gasteiger partial charge is 0.130 e. The second-order valence-corrected chi connectivity index (χ2v) is 5.70. The minimum absolute atomic E-state index is 0.150. The number of rotatable bonds is 4. The Labute approximate surface area is 129 Å². The van der Waals surface area contributed by atoms with Gasteiger partial charge in [0.1, 0.15) is 17.5 Å². The number of nitrogens with one attached hydrogen (secondary N) is 1. The summed E-state index contributed by atoms with van der Waals surface area (Å²) >= 11 is 3.17. The number of benzene rings is 2. The van der Waals surface area contributed by atoms with E-state index in [2.05, 4.69) is 21.4 Å². The van der Waals surface area contributed by atoms with Crippen LogP contribution in [-0.2, 0) is 6.42 Å². The van der Waals surface area contributed by atoms with Gasteiger partial charge in [0.25, 0.3) is 0 Å². The van der Waals surface area contributed by atoms with Crippen LogP contribution in [0.4, 0.5) is 13.2 Å². The molecule has 0 heterocycles. The van der Waals surface area contributed by atoms with Gasteiger partial charge in [-0.25, -0.2) is 13.2 Å². The highest BCUT2D eigenvalue weighted by Crippen LogP contribution is 2.25. The maximum atomic E-state index is 13.9. The fourth-order valence-corrected chi connectivity index (χ4v) is 2.45. The lowest BCUT2D eigenvalue weighted by atomic mass is 9.97. The van der Waals surface area contributed by atoms with Crippen molar-refractivity contribution in [1.82, 2.24) is 5.43 Å². The molecule has 2 nitrogen and oxygen atoms in total. The quantitative estimate of drug-likeness (QED) is 0.642. The third-order valence-electron chi connectivity index (χ3n) is 3.29. The molecule has 0 saturated carbocycles. The van der Waals surface area contributed by atoms with E-state index in [9.17, 15) is 13.2 Å². The van der Waals surface area contributed by atoms with E-state index >= 15 is 0 Å². The van der Waals surface area contributed by atoms with E-state index in [1.165, 1.54) is 19.1 Å². The van der Waals surface area contributed by atoms with Gasteiger partial charge in [-0.15, -0.1) is 0 Å². The van der Waals surface area contributed by atoms with Crippen molar-refractivity contribution in [3.63, 3.8) is 0 Å². The van der Waals surface area contributed by atoms with Gasteiger partial charge in [-0.1, -0.05) is 22.0 Å².